The summed E-state index contributed by atoms with van der Waals surface area (Å²) in [7, 11) is 1.66. The highest BCUT2D eigenvalue weighted by Crippen LogP contribution is 2.25. The first-order valence-corrected chi connectivity index (χ1v) is 11.7. The van der Waals surface area contributed by atoms with Gasteiger partial charge in [-0.15, -0.1) is 0 Å². The molecule has 0 saturated carbocycles. The minimum Gasteiger partial charge on any atom is -0.455 e. The van der Waals surface area contributed by atoms with Crippen LogP contribution in [0.3, 0.4) is 0 Å². The van der Waals surface area contributed by atoms with Gasteiger partial charge in [-0.1, -0.05) is 17.8 Å². The van der Waals surface area contributed by atoms with Gasteiger partial charge in [-0.3, -0.25) is 9.78 Å². The number of carbonyl (C=O) groups excluding carboxylic acids is 1. The van der Waals surface area contributed by atoms with Crippen LogP contribution in [-0.4, -0.2) is 47.6 Å². The van der Waals surface area contributed by atoms with E-state index >= 15 is 0 Å². The molecule has 8 nitrogen and oxygen atoms in total. The van der Waals surface area contributed by atoms with E-state index in [1.165, 1.54) is 24.6 Å². The minimum atomic E-state index is -0.230. The second-order valence-corrected chi connectivity index (χ2v) is 8.45. The van der Waals surface area contributed by atoms with Gasteiger partial charge in [0.2, 0.25) is 0 Å². The number of hydrogen-bond donors (Lipinski definition) is 1. The normalized spacial score (nSPS) is 13.5. The molecule has 1 saturated heterocycles. The largest absolute Gasteiger partial charge is 0.455 e. The van der Waals surface area contributed by atoms with Crippen LogP contribution in [0.15, 0.2) is 52.2 Å². The molecule has 1 fully saturated rings. The van der Waals surface area contributed by atoms with E-state index in [0.29, 0.717) is 42.0 Å². The number of methoxy groups -OCH3 is 1. The number of anilines is 1. The van der Waals surface area contributed by atoms with Crippen molar-refractivity contribution in [2.24, 2.45) is 0 Å². The van der Waals surface area contributed by atoms with Crippen LogP contribution in [0.2, 0.25) is 0 Å². The number of nitrogens with zero attached hydrogens (tertiary/aromatic N) is 4. The first-order valence-electron chi connectivity index (χ1n) is 10.7. The molecule has 168 valence electrons. The quantitative estimate of drug-likeness (QED) is 0.368. The number of thioether (sulfide) groups is 1. The van der Waals surface area contributed by atoms with E-state index in [9.17, 15) is 4.79 Å². The smallest absolute Gasteiger partial charge is 0.287 e. The summed E-state index contributed by atoms with van der Waals surface area (Å²) < 4.78 is 11.0. The van der Waals surface area contributed by atoms with Gasteiger partial charge in [0, 0.05) is 51.1 Å². The number of furan rings is 1. The summed E-state index contributed by atoms with van der Waals surface area (Å²) in [5.74, 6) is 2.25. The molecule has 0 spiro atoms. The van der Waals surface area contributed by atoms with Crippen molar-refractivity contribution in [1.82, 2.24) is 20.3 Å². The van der Waals surface area contributed by atoms with Gasteiger partial charge in [0.1, 0.15) is 11.6 Å². The molecule has 9 heteroatoms. The zero-order valence-corrected chi connectivity index (χ0v) is 18.9. The third kappa shape index (κ3) is 6.08. The molecule has 0 unspecified atom stereocenters. The number of carbonyl (C=O) groups is 1. The van der Waals surface area contributed by atoms with E-state index in [2.05, 4.69) is 20.2 Å². The second-order valence-electron chi connectivity index (χ2n) is 7.51. The predicted molar refractivity (Wildman–Crippen MR) is 123 cm³/mol. The molecule has 1 aliphatic heterocycles. The van der Waals surface area contributed by atoms with E-state index in [4.69, 9.17) is 14.1 Å². The molecule has 32 heavy (non-hydrogen) atoms. The van der Waals surface area contributed by atoms with E-state index in [-0.39, 0.29) is 5.91 Å². The van der Waals surface area contributed by atoms with E-state index in [1.54, 1.807) is 19.4 Å². The average molecular weight is 454 g/mol. The average Bonchev–Trinajstić information content (AvgIpc) is 3.51. The molecule has 0 radical (unpaired) electrons. The predicted octanol–water partition coefficient (Wildman–Crippen LogP) is 3.48. The van der Waals surface area contributed by atoms with Crippen molar-refractivity contribution in [3.63, 3.8) is 0 Å². The van der Waals surface area contributed by atoms with Gasteiger partial charge in [0.25, 0.3) is 5.91 Å². The third-order valence-electron chi connectivity index (χ3n) is 5.09. The standard InChI is InChI=1S/C23H27N5O3S/c1-30-15-18-14-21(28-12-4-5-13-28)27-23(26-18)32-16-19-7-8-20(31-19)22(29)25-11-9-17-6-2-3-10-24-17/h2-3,6-8,10,14H,4-5,9,11-13,15-16H2,1H3,(H,25,29). The second kappa shape index (κ2) is 11.1. The van der Waals surface area contributed by atoms with Crippen LogP contribution in [0.25, 0.3) is 0 Å². The lowest BCUT2D eigenvalue weighted by Crippen LogP contribution is -2.25. The van der Waals surface area contributed by atoms with Crippen LogP contribution < -0.4 is 10.2 Å². The highest BCUT2D eigenvalue weighted by atomic mass is 32.2. The molecule has 3 aromatic rings. The lowest BCUT2D eigenvalue weighted by molar-refractivity contribution is 0.0925. The molecule has 0 aliphatic carbocycles. The van der Waals surface area contributed by atoms with Gasteiger partial charge >= 0.3 is 0 Å². The summed E-state index contributed by atoms with van der Waals surface area (Å²) in [5, 5.41) is 3.55. The van der Waals surface area contributed by atoms with Crippen molar-refractivity contribution >= 4 is 23.5 Å². The van der Waals surface area contributed by atoms with Crippen molar-refractivity contribution in [1.29, 1.82) is 0 Å². The number of pyridine rings is 1. The van der Waals surface area contributed by atoms with Crippen LogP contribution >= 0.6 is 11.8 Å². The fourth-order valence-corrected chi connectivity index (χ4v) is 4.27. The van der Waals surface area contributed by atoms with Crippen LogP contribution in [0.5, 0.6) is 0 Å². The topological polar surface area (TPSA) is 93.4 Å². The summed E-state index contributed by atoms with van der Waals surface area (Å²) in [5.41, 5.74) is 1.80. The van der Waals surface area contributed by atoms with Gasteiger partial charge in [-0.25, -0.2) is 9.97 Å². The van der Waals surface area contributed by atoms with Gasteiger partial charge in [0.15, 0.2) is 10.9 Å². The Morgan fingerprint density at radius 2 is 2.06 bits per heavy atom. The van der Waals surface area contributed by atoms with Crippen molar-refractivity contribution in [3.8, 4) is 0 Å². The molecule has 1 N–H and O–H groups in total. The molecule has 4 rings (SSSR count). The number of amides is 1. The number of hydrogen-bond acceptors (Lipinski definition) is 8. The first kappa shape index (κ1) is 22.3. The highest BCUT2D eigenvalue weighted by Gasteiger charge is 2.17. The Bertz CT molecular complexity index is 1020. The van der Waals surface area contributed by atoms with Crippen LogP contribution in [0, 0.1) is 0 Å². The summed E-state index contributed by atoms with van der Waals surface area (Å²) in [6, 6.07) is 11.3. The van der Waals surface area contributed by atoms with E-state index < -0.39 is 0 Å². The zero-order chi connectivity index (χ0) is 22.2. The van der Waals surface area contributed by atoms with Crippen LogP contribution in [0.4, 0.5) is 5.82 Å². The Morgan fingerprint density at radius 1 is 1.19 bits per heavy atom. The van der Waals surface area contributed by atoms with Gasteiger partial charge in [-0.05, 0) is 37.1 Å². The maximum absolute atomic E-state index is 12.4. The number of rotatable bonds is 10. The van der Waals surface area contributed by atoms with Crippen molar-refractivity contribution in [2.45, 2.75) is 36.8 Å². The van der Waals surface area contributed by atoms with Crippen LogP contribution in [-0.2, 0) is 23.5 Å². The zero-order valence-electron chi connectivity index (χ0n) is 18.1. The summed E-state index contributed by atoms with van der Waals surface area (Å²) in [4.78, 5) is 28.2. The summed E-state index contributed by atoms with van der Waals surface area (Å²) in [6.45, 7) is 2.98. The van der Waals surface area contributed by atoms with Crippen molar-refractivity contribution in [2.75, 3.05) is 31.6 Å². The maximum atomic E-state index is 12.4. The van der Waals surface area contributed by atoms with Crippen molar-refractivity contribution in [3.05, 3.63) is 65.5 Å². The Labute approximate surface area is 191 Å². The summed E-state index contributed by atoms with van der Waals surface area (Å²) >= 11 is 1.49. The fraction of sp³-hybridized carbons (Fsp3) is 0.391. The maximum Gasteiger partial charge on any atom is 0.287 e. The molecular weight excluding hydrogens is 426 g/mol. The van der Waals surface area contributed by atoms with Gasteiger partial charge in [-0.2, -0.15) is 0 Å². The molecule has 0 atom stereocenters. The Hall–Kier alpha value is -2.91. The lowest BCUT2D eigenvalue weighted by atomic mass is 10.2. The van der Waals surface area contributed by atoms with Gasteiger partial charge in [0.05, 0.1) is 18.1 Å². The molecule has 4 heterocycles. The third-order valence-corrected chi connectivity index (χ3v) is 5.96. The SMILES string of the molecule is COCc1cc(N2CCCC2)nc(SCc2ccc(C(=O)NCCc3ccccn3)o2)n1. The van der Waals surface area contributed by atoms with E-state index in [1.807, 2.05) is 30.3 Å². The van der Waals surface area contributed by atoms with Gasteiger partial charge < -0.3 is 19.4 Å². The number of aromatic nitrogens is 3. The molecule has 1 aliphatic rings. The fourth-order valence-electron chi connectivity index (χ4n) is 3.50. The molecule has 3 aromatic heterocycles. The molecule has 0 bridgehead atoms. The Balaban J connectivity index is 1.32. The number of ether oxygens (including phenoxy) is 1. The van der Waals surface area contributed by atoms with E-state index in [0.717, 1.165) is 30.3 Å². The number of nitrogens with one attached hydrogen (secondary N) is 1. The lowest BCUT2D eigenvalue weighted by Gasteiger charge is -2.17. The van der Waals surface area contributed by atoms with Crippen LogP contribution in [0.1, 0.15) is 40.5 Å². The highest BCUT2D eigenvalue weighted by molar-refractivity contribution is 7.98. The summed E-state index contributed by atoms with van der Waals surface area (Å²) in [6.07, 6.45) is 4.79. The first-order chi connectivity index (χ1) is 15.7. The monoisotopic (exact) mass is 453 g/mol. The Kier molecular flexibility index (Phi) is 7.73. The molecule has 1 amide bonds. The minimum absolute atomic E-state index is 0.230. The molecule has 0 aromatic carbocycles. The molecular formula is C23H27N5O3S. The Morgan fingerprint density at radius 3 is 2.84 bits per heavy atom. The van der Waals surface area contributed by atoms with Crippen molar-refractivity contribution < 1.29 is 13.9 Å².